The summed E-state index contributed by atoms with van der Waals surface area (Å²) in [5.74, 6) is 0. The minimum atomic E-state index is -0.203. The lowest BCUT2D eigenvalue weighted by Gasteiger charge is -2.40. The number of amides is 2. The van der Waals surface area contributed by atoms with Crippen molar-refractivity contribution in [2.24, 2.45) is 5.73 Å². The molecule has 1 heterocycles. The Bertz CT molecular complexity index is 211. The molecule has 0 radical (unpaired) electrons. The third-order valence-electron chi connectivity index (χ3n) is 3.05. The Morgan fingerprint density at radius 2 is 2.07 bits per heavy atom. The Balaban J connectivity index is 2.49. The highest BCUT2D eigenvalue weighted by atomic mass is 16.2. The number of piperidine rings is 1. The Kier molecular flexibility index (Phi) is 4.35. The van der Waals surface area contributed by atoms with Crippen LogP contribution in [0, 0.1) is 0 Å². The maximum absolute atomic E-state index is 11.5. The molecule has 0 atom stereocenters. The molecule has 1 aliphatic rings. The van der Waals surface area contributed by atoms with Crippen molar-refractivity contribution in [1.29, 1.82) is 0 Å². The summed E-state index contributed by atoms with van der Waals surface area (Å²) >= 11 is 0. The van der Waals surface area contributed by atoms with Crippen LogP contribution in [0.25, 0.3) is 0 Å². The second kappa shape index (κ2) is 5.32. The molecule has 15 heavy (non-hydrogen) atoms. The van der Waals surface area contributed by atoms with Crippen LogP contribution in [0.4, 0.5) is 4.79 Å². The van der Waals surface area contributed by atoms with E-state index in [1.807, 2.05) is 6.92 Å². The minimum Gasteiger partial charge on any atom is -0.338 e. The van der Waals surface area contributed by atoms with E-state index in [2.05, 4.69) is 22.6 Å². The molecule has 0 unspecified atom stereocenters. The fraction of sp³-hybridized carbons (Fsp3) is 0.900. The summed E-state index contributed by atoms with van der Waals surface area (Å²) in [4.78, 5) is 13.7. The molecule has 2 amide bonds. The quantitative estimate of drug-likeness (QED) is 0.605. The van der Waals surface area contributed by atoms with E-state index >= 15 is 0 Å². The molecule has 1 fully saturated rings. The fourth-order valence-electron chi connectivity index (χ4n) is 1.87. The van der Waals surface area contributed by atoms with Crippen LogP contribution in [0.3, 0.4) is 0 Å². The maximum Gasteiger partial charge on any atom is 0.315 e. The normalized spacial score (nSPS) is 21.0. The van der Waals surface area contributed by atoms with Crippen LogP contribution in [-0.2, 0) is 0 Å². The molecule has 4 N–H and O–H groups in total. The first kappa shape index (κ1) is 12.3. The van der Waals surface area contributed by atoms with E-state index in [0.717, 1.165) is 25.9 Å². The summed E-state index contributed by atoms with van der Waals surface area (Å²) < 4.78 is 0. The number of carbonyl (C=O) groups is 1. The van der Waals surface area contributed by atoms with Crippen LogP contribution in [0.1, 0.15) is 19.8 Å². The van der Waals surface area contributed by atoms with Gasteiger partial charge < -0.3 is 21.3 Å². The van der Waals surface area contributed by atoms with Crippen LogP contribution in [0.15, 0.2) is 0 Å². The highest BCUT2D eigenvalue weighted by molar-refractivity contribution is 5.74. The standard InChI is InChI=1S/C10H22N4O/c1-3-12-9(15)13-10(8-11)4-6-14(2)7-5-10/h3-8,11H2,1-2H3,(H2,12,13,15). The van der Waals surface area contributed by atoms with Crippen molar-refractivity contribution >= 4 is 6.03 Å². The zero-order chi connectivity index (χ0) is 11.3. The molecule has 1 rings (SSSR count). The maximum atomic E-state index is 11.5. The molecule has 0 aliphatic carbocycles. The van der Waals surface area contributed by atoms with Crippen molar-refractivity contribution in [3.05, 3.63) is 0 Å². The number of likely N-dealkylation sites (tertiary alicyclic amines) is 1. The summed E-state index contributed by atoms with van der Waals surface area (Å²) in [5.41, 5.74) is 5.56. The molecule has 1 aliphatic heterocycles. The van der Waals surface area contributed by atoms with Gasteiger partial charge in [0, 0.05) is 26.2 Å². The van der Waals surface area contributed by atoms with Gasteiger partial charge in [0.1, 0.15) is 0 Å². The van der Waals surface area contributed by atoms with Crippen molar-refractivity contribution in [1.82, 2.24) is 15.5 Å². The second-order valence-corrected chi connectivity index (χ2v) is 4.27. The fourth-order valence-corrected chi connectivity index (χ4v) is 1.87. The number of urea groups is 1. The predicted molar refractivity (Wildman–Crippen MR) is 60.7 cm³/mol. The molecule has 1 saturated heterocycles. The number of nitrogens with two attached hydrogens (primary N) is 1. The summed E-state index contributed by atoms with van der Waals surface area (Å²) in [6, 6.07) is -0.104. The zero-order valence-corrected chi connectivity index (χ0v) is 9.68. The lowest BCUT2D eigenvalue weighted by Crippen LogP contribution is -2.60. The van der Waals surface area contributed by atoms with Gasteiger partial charge in [0.25, 0.3) is 0 Å². The topological polar surface area (TPSA) is 70.4 Å². The average molecular weight is 214 g/mol. The van der Waals surface area contributed by atoms with Crippen LogP contribution >= 0.6 is 0 Å². The number of nitrogens with zero attached hydrogens (tertiary/aromatic N) is 1. The van der Waals surface area contributed by atoms with Gasteiger partial charge in [-0.25, -0.2) is 4.79 Å². The molecule has 88 valence electrons. The lowest BCUT2D eigenvalue weighted by molar-refractivity contribution is 0.161. The molecule has 0 spiro atoms. The summed E-state index contributed by atoms with van der Waals surface area (Å²) in [7, 11) is 2.09. The van der Waals surface area contributed by atoms with Crippen molar-refractivity contribution in [2.45, 2.75) is 25.3 Å². The molecule has 0 aromatic heterocycles. The minimum absolute atomic E-state index is 0.104. The van der Waals surface area contributed by atoms with Crippen molar-refractivity contribution in [2.75, 3.05) is 33.2 Å². The molecule has 0 saturated carbocycles. The largest absolute Gasteiger partial charge is 0.338 e. The summed E-state index contributed by atoms with van der Waals surface area (Å²) in [6.07, 6.45) is 1.86. The number of nitrogens with one attached hydrogen (secondary N) is 2. The van der Waals surface area contributed by atoms with Gasteiger partial charge in [-0.3, -0.25) is 0 Å². The van der Waals surface area contributed by atoms with E-state index in [-0.39, 0.29) is 11.6 Å². The van der Waals surface area contributed by atoms with Crippen LogP contribution in [0.5, 0.6) is 0 Å². The van der Waals surface area contributed by atoms with Crippen molar-refractivity contribution < 1.29 is 4.79 Å². The predicted octanol–water partition coefficient (Wildman–Crippen LogP) is -0.271. The summed E-state index contributed by atoms with van der Waals surface area (Å²) in [6.45, 7) is 5.04. The average Bonchev–Trinajstić information content (AvgIpc) is 2.22. The Hall–Kier alpha value is -0.810. The van der Waals surface area contributed by atoms with E-state index in [9.17, 15) is 4.79 Å². The molecule has 0 aromatic carbocycles. The number of carbonyl (C=O) groups excluding carboxylic acids is 1. The smallest absolute Gasteiger partial charge is 0.315 e. The van der Waals surface area contributed by atoms with Crippen LogP contribution in [-0.4, -0.2) is 49.7 Å². The van der Waals surface area contributed by atoms with E-state index in [1.165, 1.54) is 0 Å². The molecular weight excluding hydrogens is 192 g/mol. The molecule has 0 bridgehead atoms. The molecule has 0 aromatic rings. The first-order valence-corrected chi connectivity index (χ1v) is 5.56. The van der Waals surface area contributed by atoms with E-state index in [1.54, 1.807) is 0 Å². The van der Waals surface area contributed by atoms with Gasteiger partial charge in [0.2, 0.25) is 0 Å². The monoisotopic (exact) mass is 214 g/mol. The first-order chi connectivity index (χ1) is 7.12. The van der Waals surface area contributed by atoms with E-state index in [0.29, 0.717) is 13.1 Å². The highest BCUT2D eigenvalue weighted by Gasteiger charge is 2.33. The van der Waals surface area contributed by atoms with Crippen molar-refractivity contribution in [3.8, 4) is 0 Å². The van der Waals surface area contributed by atoms with Gasteiger partial charge in [-0.15, -0.1) is 0 Å². The Morgan fingerprint density at radius 1 is 1.47 bits per heavy atom. The van der Waals surface area contributed by atoms with Crippen LogP contribution < -0.4 is 16.4 Å². The van der Waals surface area contributed by atoms with Crippen LogP contribution in [0.2, 0.25) is 0 Å². The van der Waals surface area contributed by atoms with Gasteiger partial charge in [-0.05, 0) is 26.8 Å². The molecule has 5 nitrogen and oxygen atoms in total. The zero-order valence-electron chi connectivity index (χ0n) is 9.68. The van der Waals surface area contributed by atoms with Gasteiger partial charge in [0.05, 0.1) is 5.54 Å². The number of hydrogen-bond donors (Lipinski definition) is 3. The van der Waals surface area contributed by atoms with Crippen molar-refractivity contribution in [3.63, 3.8) is 0 Å². The van der Waals surface area contributed by atoms with Gasteiger partial charge in [-0.1, -0.05) is 0 Å². The Labute approximate surface area is 91.4 Å². The van der Waals surface area contributed by atoms with E-state index in [4.69, 9.17) is 5.73 Å². The first-order valence-electron chi connectivity index (χ1n) is 5.56. The summed E-state index contributed by atoms with van der Waals surface area (Å²) in [5, 5.41) is 5.75. The highest BCUT2D eigenvalue weighted by Crippen LogP contribution is 2.20. The molecule has 5 heteroatoms. The van der Waals surface area contributed by atoms with Gasteiger partial charge in [0.15, 0.2) is 0 Å². The third-order valence-corrected chi connectivity index (χ3v) is 3.05. The van der Waals surface area contributed by atoms with Gasteiger partial charge >= 0.3 is 6.03 Å². The number of rotatable bonds is 3. The molecular formula is C10H22N4O. The van der Waals surface area contributed by atoms with E-state index < -0.39 is 0 Å². The second-order valence-electron chi connectivity index (χ2n) is 4.27. The Morgan fingerprint density at radius 3 is 2.53 bits per heavy atom. The van der Waals surface area contributed by atoms with Gasteiger partial charge in [-0.2, -0.15) is 0 Å². The SMILES string of the molecule is CCNC(=O)NC1(CN)CCN(C)CC1. The lowest BCUT2D eigenvalue weighted by atomic mass is 9.88. The number of hydrogen-bond acceptors (Lipinski definition) is 3. The third kappa shape index (κ3) is 3.35.